The Morgan fingerprint density at radius 1 is 1.26 bits per heavy atom. The number of hydrogen-bond donors (Lipinski definition) is 1. The largest absolute Gasteiger partial charge is 0.486 e. The molecule has 0 saturated heterocycles. The van der Waals surface area contributed by atoms with Crippen LogP contribution in [-0.4, -0.2) is 28.1 Å². The van der Waals surface area contributed by atoms with Crippen molar-refractivity contribution in [3.63, 3.8) is 0 Å². The van der Waals surface area contributed by atoms with Crippen LogP contribution in [0.25, 0.3) is 0 Å². The summed E-state index contributed by atoms with van der Waals surface area (Å²) in [4.78, 5) is 0. The van der Waals surface area contributed by atoms with Crippen molar-refractivity contribution in [2.45, 2.75) is 12.5 Å². The molecule has 19 heavy (non-hydrogen) atoms. The third-order valence-electron chi connectivity index (χ3n) is 3.12. The predicted octanol–water partition coefficient (Wildman–Crippen LogP) is 1.47. The van der Waals surface area contributed by atoms with Gasteiger partial charge in [0.05, 0.1) is 11.8 Å². The second-order valence-electron chi connectivity index (χ2n) is 4.60. The minimum atomic E-state index is -0.592. The molecule has 1 atom stereocenters. The van der Waals surface area contributed by atoms with Crippen LogP contribution in [0.1, 0.15) is 17.4 Å². The number of ether oxygens (including phenoxy) is 2. The normalized spacial score (nSPS) is 15.3. The molecule has 1 aliphatic rings. The fourth-order valence-corrected chi connectivity index (χ4v) is 2.16. The van der Waals surface area contributed by atoms with Crippen molar-refractivity contribution in [1.29, 1.82) is 0 Å². The molecule has 0 fully saturated rings. The van der Waals surface area contributed by atoms with Crippen molar-refractivity contribution >= 4 is 0 Å². The molecule has 1 aromatic carbocycles. The third kappa shape index (κ3) is 2.56. The summed E-state index contributed by atoms with van der Waals surface area (Å²) >= 11 is 0. The van der Waals surface area contributed by atoms with Crippen LogP contribution in [-0.2, 0) is 13.5 Å². The van der Waals surface area contributed by atoms with Gasteiger partial charge in [-0.2, -0.15) is 5.10 Å². The van der Waals surface area contributed by atoms with E-state index in [-0.39, 0.29) is 0 Å². The number of aryl methyl sites for hydroxylation is 1. The van der Waals surface area contributed by atoms with Gasteiger partial charge in [-0.05, 0) is 23.8 Å². The number of aliphatic hydroxyl groups excluding tert-OH is 1. The molecule has 1 N–H and O–H groups in total. The molecule has 0 saturated carbocycles. The number of rotatable bonds is 3. The molecule has 0 radical (unpaired) electrons. The van der Waals surface area contributed by atoms with Gasteiger partial charge in [-0.1, -0.05) is 6.07 Å². The zero-order chi connectivity index (χ0) is 13.2. The summed E-state index contributed by atoms with van der Waals surface area (Å²) in [5.74, 6) is 1.43. The van der Waals surface area contributed by atoms with Crippen LogP contribution < -0.4 is 9.47 Å². The highest BCUT2D eigenvalue weighted by Gasteiger charge is 2.16. The molecule has 1 aromatic heterocycles. The summed E-state index contributed by atoms with van der Waals surface area (Å²) in [7, 11) is 1.86. The van der Waals surface area contributed by atoms with E-state index in [1.54, 1.807) is 4.68 Å². The maximum Gasteiger partial charge on any atom is 0.161 e. The lowest BCUT2D eigenvalue weighted by atomic mass is 10.0. The fraction of sp³-hybridized carbons (Fsp3) is 0.357. The molecule has 0 bridgehead atoms. The molecule has 0 spiro atoms. The van der Waals surface area contributed by atoms with Crippen molar-refractivity contribution < 1.29 is 14.6 Å². The molecular weight excluding hydrogens is 244 g/mol. The minimum Gasteiger partial charge on any atom is -0.486 e. The first-order valence-corrected chi connectivity index (χ1v) is 6.28. The van der Waals surface area contributed by atoms with Crippen LogP contribution in [0.3, 0.4) is 0 Å². The first-order chi connectivity index (χ1) is 9.22. The van der Waals surface area contributed by atoms with Crippen LogP contribution >= 0.6 is 0 Å². The Labute approximate surface area is 111 Å². The number of aliphatic hydroxyl groups is 1. The average molecular weight is 260 g/mol. The van der Waals surface area contributed by atoms with Gasteiger partial charge in [0, 0.05) is 19.7 Å². The van der Waals surface area contributed by atoms with E-state index in [0.717, 1.165) is 17.0 Å². The highest BCUT2D eigenvalue weighted by atomic mass is 16.6. The lowest BCUT2D eigenvalue weighted by Gasteiger charge is -2.20. The van der Waals surface area contributed by atoms with Gasteiger partial charge in [-0.15, -0.1) is 0 Å². The van der Waals surface area contributed by atoms with Gasteiger partial charge < -0.3 is 14.6 Å². The van der Waals surface area contributed by atoms with Gasteiger partial charge in [0.2, 0.25) is 0 Å². The predicted molar refractivity (Wildman–Crippen MR) is 69.3 cm³/mol. The first kappa shape index (κ1) is 12.0. The van der Waals surface area contributed by atoms with Crippen LogP contribution in [0, 0.1) is 0 Å². The molecule has 2 aromatic rings. The second-order valence-corrected chi connectivity index (χ2v) is 4.60. The Morgan fingerprint density at radius 3 is 2.79 bits per heavy atom. The Bertz CT molecular complexity index is 580. The van der Waals surface area contributed by atoms with E-state index in [0.29, 0.717) is 25.4 Å². The maximum absolute atomic E-state index is 10.2. The standard InChI is InChI=1S/C14H16N2O3/c1-16-5-4-11(15-16)9-12(17)10-2-3-13-14(8-10)19-7-6-18-13/h2-5,8,12,17H,6-7,9H2,1H3. The van der Waals surface area contributed by atoms with Crippen LogP contribution in [0.15, 0.2) is 30.5 Å². The van der Waals surface area contributed by atoms with Crippen molar-refractivity contribution in [3.8, 4) is 11.5 Å². The lowest BCUT2D eigenvalue weighted by molar-refractivity contribution is 0.164. The van der Waals surface area contributed by atoms with E-state index >= 15 is 0 Å². The highest BCUT2D eigenvalue weighted by Crippen LogP contribution is 2.33. The van der Waals surface area contributed by atoms with E-state index in [4.69, 9.17) is 9.47 Å². The number of fused-ring (bicyclic) bond motifs is 1. The minimum absolute atomic E-state index is 0.487. The van der Waals surface area contributed by atoms with Crippen LogP contribution in [0.4, 0.5) is 0 Å². The zero-order valence-corrected chi connectivity index (χ0v) is 10.7. The Balaban J connectivity index is 1.77. The van der Waals surface area contributed by atoms with Gasteiger partial charge >= 0.3 is 0 Å². The average Bonchev–Trinajstić information content (AvgIpc) is 2.83. The van der Waals surface area contributed by atoms with Crippen LogP contribution in [0.2, 0.25) is 0 Å². The highest BCUT2D eigenvalue weighted by molar-refractivity contribution is 5.44. The SMILES string of the molecule is Cn1ccc(CC(O)c2ccc3c(c2)OCCO3)n1. The molecule has 5 nitrogen and oxygen atoms in total. The summed E-state index contributed by atoms with van der Waals surface area (Å²) < 4.78 is 12.7. The second kappa shape index (κ2) is 4.93. The summed E-state index contributed by atoms with van der Waals surface area (Å²) in [5.41, 5.74) is 1.68. The summed E-state index contributed by atoms with van der Waals surface area (Å²) in [5, 5.41) is 14.5. The molecule has 1 unspecified atom stereocenters. The van der Waals surface area contributed by atoms with Gasteiger partial charge in [0.1, 0.15) is 13.2 Å². The Morgan fingerprint density at radius 2 is 2.05 bits per heavy atom. The van der Waals surface area contributed by atoms with E-state index in [2.05, 4.69) is 5.10 Å². The van der Waals surface area contributed by atoms with Crippen molar-refractivity contribution in [1.82, 2.24) is 9.78 Å². The molecule has 2 heterocycles. The summed E-state index contributed by atoms with van der Waals surface area (Å²) in [6, 6.07) is 7.44. The molecule has 1 aliphatic heterocycles. The number of aromatic nitrogens is 2. The fourth-order valence-electron chi connectivity index (χ4n) is 2.16. The maximum atomic E-state index is 10.2. The third-order valence-corrected chi connectivity index (χ3v) is 3.12. The van der Waals surface area contributed by atoms with E-state index in [9.17, 15) is 5.11 Å². The molecule has 0 aliphatic carbocycles. The molecule has 5 heteroatoms. The summed E-state index contributed by atoms with van der Waals surface area (Å²) in [6.45, 7) is 1.12. The van der Waals surface area contributed by atoms with E-state index in [1.807, 2.05) is 37.5 Å². The molecule has 3 rings (SSSR count). The summed E-state index contributed by atoms with van der Waals surface area (Å²) in [6.07, 6.45) is 1.76. The molecule has 100 valence electrons. The smallest absolute Gasteiger partial charge is 0.161 e. The monoisotopic (exact) mass is 260 g/mol. The van der Waals surface area contributed by atoms with Gasteiger partial charge in [0.25, 0.3) is 0 Å². The Kier molecular flexibility index (Phi) is 3.13. The Hall–Kier alpha value is -2.01. The number of nitrogens with zero attached hydrogens (tertiary/aromatic N) is 2. The van der Waals surface area contributed by atoms with Crippen molar-refractivity contribution in [2.24, 2.45) is 7.05 Å². The van der Waals surface area contributed by atoms with E-state index in [1.165, 1.54) is 0 Å². The topological polar surface area (TPSA) is 56.5 Å². The van der Waals surface area contributed by atoms with Crippen molar-refractivity contribution in [3.05, 3.63) is 41.7 Å². The quantitative estimate of drug-likeness (QED) is 0.908. The van der Waals surface area contributed by atoms with Gasteiger partial charge in [-0.25, -0.2) is 0 Å². The zero-order valence-electron chi connectivity index (χ0n) is 10.7. The van der Waals surface area contributed by atoms with Gasteiger partial charge in [0.15, 0.2) is 11.5 Å². The van der Waals surface area contributed by atoms with E-state index < -0.39 is 6.10 Å². The van der Waals surface area contributed by atoms with Crippen molar-refractivity contribution in [2.75, 3.05) is 13.2 Å². The number of benzene rings is 1. The number of hydrogen-bond acceptors (Lipinski definition) is 4. The van der Waals surface area contributed by atoms with Gasteiger partial charge in [-0.3, -0.25) is 4.68 Å². The first-order valence-electron chi connectivity index (χ1n) is 6.28. The van der Waals surface area contributed by atoms with Crippen LogP contribution in [0.5, 0.6) is 11.5 Å². The molecular formula is C14H16N2O3. The molecule has 0 amide bonds. The lowest BCUT2D eigenvalue weighted by Crippen LogP contribution is -2.15.